The summed E-state index contributed by atoms with van der Waals surface area (Å²) in [6, 6.07) is 16.4. The van der Waals surface area contributed by atoms with Crippen molar-refractivity contribution >= 4 is 38.9 Å². The molecule has 2 aromatic heterocycles. The molecule has 1 aliphatic carbocycles. The average molecular weight is 462 g/mol. The van der Waals surface area contributed by atoms with Gasteiger partial charge < -0.3 is 4.90 Å². The topological polar surface area (TPSA) is 46.1 Å². The number of carbonyl (C=O) groups excluding carboxylic acids is 1. The number of thiophene rings is 1. The van der Waals surface area contributed by atoms with E-state index in [1.54, 1.807) is 18.6 Å². The quantitative estimate of drug-likeness (QED) is 0.322. The number of rotatable bonds is 5. The molecular weight excluding hydrogens is 438 g/mol. The van der Waals surface area contributed by atoms with Crippen molar-refractivity contribution in [1.82, 2.24) is 14.9 Å². The van der Waals surface area contributed by atoms with Crippen LogP contribution in [0.5, 0.6) is 0 Å². The summed E-state index contributed by atoms with van der Waals surface area (Å²) in [5.41, 5.74) is 2.92. The van der Waals surface area contributed by atoms with Crippen LogP contribution in [0.2, 0.25) is 5.02 Å². The monoisotopic (exact) mass is 461 g/mol. The van der Waals surface area contributed by atoms with E-state index in [1.807, 2.05) is 41.3 Å². The van der Waals surface area contributed by atoms with Crippen molar-refractivity contribution in [2.24, 2.45) is 0 Å². The zero-order valence-corrected chi connectivity index (χ0v) is 19.3. The molecular formula is C26H24ClN3OS. The fraction of sp³-hybridized carbons (Fsp3) is 0.269. The maximum atomic E-state index is 13.8. The van der Waals surface area contributed by atoms with Crippen molar-refractivity contribution in [3.8, 4) is 11.3 Å². The van der Waals surface area contributed by atoms with E-state index < -0.39 is 0 Å². The number of benzene rings is 2. The summed E-state index contributed by atoms with van der Waals surface area (Å²) in [5.74, 6) is 0.0352. The molecule has 0 spiro atoms. The molecule has 0 bridgehead atoms. The molecule has 1 aliphatic rings. The van der Waals surface area contributed by atoms with Gasteiger partial charge in [-0.25, -0.2) is 0 Å². The molecule has 0 radical (unpaired) electrons. The summed E-state index contributed by atoms with van der Waals surface area (Å²) in [7, 11) is 0. The Bertz CT molecular complexity index is 1230. The molecule has 4 aromatic rings. The van der Waals surface area contributed by atoms with E-state index in [0.29, 0.717) is 16.4 Å². The Kier molecular flexibility index (Phi) is 6.19. The van der Waals surface area contributed by atoms with Crippen LogP contribution in [-0.4, -0.2) is 26.8 Å². The third-order valence-corrected chi connectivity index (χ3v) is 7.81. The molecule has 1 fully saturated rings. The summed E-state index contributed by atoms with van der Waals surface area (Å²) < 4.78 is 1.05. The van der Waals surface area contributed by atoms with Crippen LogP contribution in [0.3, 0.4) is 0 Å². The highest BCUT2D eigenvalue weighted by Crippen LogP contribution is 2.37. The second-order valence-corrected chi connectivity index (χ2v) is 9.69. The minimum absolute atomic E-state index is 0.0352. The van der Waals surface area contributed by atoms with Crippen molar-refractivity contribution < 1.29 is 4.79 Å². The van der Waals surface area contributed by atoms with Gasteiger partial charge in [0.15, 0.2) is 0 Å². The highest BCUT2D eigenvalue weighted by atomic mass is 35.5. The highest BCUT2D eigenvalue weighted by molar-refractivity contribution is 7.21. The Morgan fingerprint density at radius 2 is 1.91 bits per heavy atom. The van der Waals surface area contributed by atoms with Crippen molar-refractivity contribution in [1.29, 1.82) is 0 Å². The molecule has 0 unspecified atom stereocenters. The minimum Gasteiger partial charge on any atom is -0.331 e. The first kappa shape index (κ1) is 21.1. The molecule has 1 amide bonds. The van der Waals surface area contributed by atoms with Crippen LogP contribution in [-0.2, 0) is 6.54 Å². The number of amides is 1. The predicted molar refractivity (Wildman–Crippen MR) is 131 cm³/mol. The first-order chi connectivity index (χ1) is 15.7. The van der Waals surface area contributed by atoms with E-state index in [0.717, 1.165) is 52.6 Å². The largest absolute Gasteiger partial charge is 0.331 e. The fourth-order valence-corrected chi connectivity index (χ4v) is 5.98. The molecule has 1 saturated carbocycles. The lowest BCUT2D eigenvalue weighted by Gasteiger charge is -2.34. The third kappa shape index (κ3) is 4.27. The molecule has 5 rings (SSSR count). The Balaban J connectivity index is 1.49. The smallest absolute Gasteiger partial charge is 0.266 e. The first-order valence-corrected chi connectivity index (χ1v) is 12.2. The van der Waals surface area contributed by atoms with Crippen LogP contribution in [0.15, 0.2) is 67.1 Å². The van der Waals surface area contributed by atoms with E-state index in [9.17, 15) is 4.79 Å². The van der Waals surface area contributed by atoms with Crippen LogP contribution in [0.25, 0.3) is 21.3 Å². The number of carbonyl (C=O) groups is 1. The normalized spacial score (nSPS) is 14.5. The molecule has 32 heavy (non-hydrogen) atoms. The second kappa shape index (κ2) is 9.39. The number of fused-ring (bicyclic) bond motifs is 1. The van der Waals surface area contributed by atoms with Gasteiger partial charge in [0, 0.05) is 40.6 Å². The third-order valence-electron chi connectivity index (χ3n) is 6.14. The molecule has 162 valence electrons. The van der Waals surface area contributed by atoms with Gasteiger partial charge >= 0.3 is 0 Å². The summed E-state index contributed by atoms with van der Waals surface area (Å²) in [6.07, 6.45) is 10.8. The Morgan fingerprint density at radius 3 is 2.69 bits per heavy atom. The van der Waals surface area contributed by atoms with Crippen molar-refractivity contribution in [2.45, 2.75) is 44.7 Å². The van der Waals surface area contributed by atoms with E-state index >= 15 is 0 Å². The summed E-state index contributed by atoms with van der Waals surface area (Å²) in [4.78, 5) is 25.1. The van der Waals surface area contributed by atoms with Crippen molar-refractivity contribution in [2.75, 3.05) is 0 Å². The van der Waals surface area contributed by atoms with Crippen LogP contribution in [0.4, 0.5) is 0 Å². The van der Waals surface area contributed by atoms with Gasteiger partial charge in [-0.05, 0) is 30.5 Å². The van der Waals surface area contributed by atoms with Crippen molar-refractivity contribution in [3.63, 3.8) is 0 Å². The maximum absolute atomic E-state index is 13.8. The number of nitrogens with zero attached hydrogens (tertiary/aromatic N) is 3. The minimum atomic E-state index is 0.0352. The van der Waals surface area contributed by atoms with E-state index in [4.69, 9.17) is 11.6 Å². The summed E-state index contributed by atoms with van der Waals surface area (Å²) in [5, 5.41) is 1.53. The lowest BCUT2D eigenvalue weighted by molar-refractivity contribution is 0.0619. The SMILES string of the molecule is O=C(c1sc2ccccc2c1Cl)N(Cc1cccc(-c2cnccn2)c1)C1CCCCC1. The van der Waals surface area contributed by atoms with Gasteiger partial charge in [0.25, 0.3) is 5.91 Å². The average Bonchev–Trinajstić information content (AvgIpc) is 3.20. The van der Waals surface area contributed by atoms with Gasteiger partial charge in [-0.2, -0.15) is 0 Å². The first-order valence-electron chi connectivity index (χ1n) is 11.0. The maximum Gasteiger partial charge on any atom is 0.266 e. The van der Waals surface area contributed by atoms with E-state index in [1.165, 1.54) is 17.8 Å². The molecule has 2 heterocycles. The summed E-state index contributed by atoms with van der Waals surface area (Å²) >= 11 is 8.18. The number of hydrogen-bond donors (Lipinski definition) is 0. The molecule has 6 heteroatoms. The summed E-state index contributed by atoms with van der Waals surface area (Å²) in [6.45, 7) is 0.558. The molecule has 0 aliphatic heterocycles. The standard InChI is InChI=1S/C26H24ClN3OS/c27-24-21-11-4-5-12-23(21)32-25(24)26(31)30(20-9-2-1-3-10-20)17-18-7-6-8-19(15-18)22-16-28-13-14-29-22/h4-8,11-16,20H,1-3,9-10,17H2. The Labute approximate surface area is 196 Å². The van der Waals surface area contributed by atoms with Gasteiger partial charge in [-0.1, -0.05) is 67.3 Å². The van der Waals surface area contributed by atoms with Crippen LogP contribution in [0, 0.1) is 0 Å². The molecule has 0 N–H and O–H groups in total. The molecule has 0 atom stereocenters. The number of halogens is 1. The number of aromatic nitrogens is 2. The van der Waals surface area contributed by atoms with Gasteiger partial charge in [-0.3, -0.25) is 14.8 Å². The van der Waals surface area contributed by atoms with Gasteiger partial charge in [0.1, 0.15) is 4.88 Å². The second-order valence-electron chi connectivity index (χ2n) is 8.26. The zero-order valence-electron chi connectivity index (χ0n) is 17.7. The van der Waals surface area contributed by atoms with Crippen LogP contribution in [0.1, 0.15) is 47.3 Å². The fourth-order valence-electron chi connectivity index (χ4n) is 4.52. The number of hydrogen-bond acceptors (Lipinski definition) is 4. The highest BCUT2D eigenvalue weighted by Gasteiger charge is 2.29. The zero-order chi connectivity index (χ0) is 21.9. The van der Waals surface area contributed by atoms with E-state index in [-0.39, 0.29) is 11.9 Å². The Hall–Kier alpha value is -2.76. The Morgan fingerprint density at radius 1 is 1.06 bits per heavy atom. The van der Waals surface area contributed by atoms with Crippen molar-refractivity contribution in [3.05, 3.63) is 82.6 Å². The molecule has 4 nitrogen and oxygen atoms in total. The molecule has 0 saturated heterocycles. The van der Waals surface area contributed by atoms with Gasteiger partial charge in [0.05, 0.1) is 16.9 Å². The predicted octanol–water partition coefficient (Wildman–Crippen LogP) is 6.99. The van der Waals surface area contributed by atoms with Crippen LogP contribution < -0.4 is 0 Å². The van der Waals surface area contributed by atoms with Crippen LogP contribution >= 0.6 is 22.9 Å². The lowest BCUT2D eigenvalue weighted by Crippen LogP contribution is -2.40. The van der Waals surface area contributed by atoms with Gasteiger partial charge in [-0.15, -0.1) is 11.3 Å². The lowest BCUT2D eigenvalue weighted by atomic mass is 9.93. The van der Waals surface area contributed by atoms with E-state index in [2.05, 4.69) is 22.1 Å². The van der Waals surface area contributed by atoms with Gasteiger partial charge in [0.2, 0.25) is 0 Å². The molecule has 2 aromatic carbocycles.